The van der Waals surface area contributed by atoms with E-state index in [1.807, 2.05) is 50.2 Å². The van der Waals surface area contributed by atoms with Crippen molar-refractivity contribution in [1.82, 2.24) is 5.32 Å². The Hall–Kier alpha value is -3.06. The van der Waals surface area contributed by atoms with Crippen molar-refractivity contribution >= 4 is 40.5 Å². The number of hydrogen-bond donors (Lipinski definition) is 1. The molecule has 0 saturated carbocycles. The molecule has 8 heteroatoms. The summed E-state index contributed by atoms with van der Waals surface area (Å²) >= 11 is 2.05. The number of nitrogens with zero attached hydrogens (tertiary/aromatic N) is 1. The second-order valence-corrected chi connectivity index (χ2v) is 7.79. The molecule has 0 bridgehead atoms. The fourth-order valence-electron chi connectivity index (χ4n) is 2.82. The van der Waals surface area contributed by atoms with Crippen molar-refractivity contribution in [2.75, 3.05) is 19.8 Å². The molecule has 1 N–H and O–H groups in total. The highest BCUT2D eigenvalue weighted by molar-refractivity contribution is 14.1. The van der Waals surface area contributed by atoms with Gasteiger partial charge in [-0.05, 0) is 72.7 Å². The fraction of sp³-hybridized carbons (Fsp3) is 0.292. The van der Waals surface area contributed by atoms with Gasteiger partial charge < -0.3 is 19.5 Å². The minimum absolute atomic E-state index is 0.0359. The van der Waals surface area contributed by atoms with Crippen molar-refractivity contribution in [1.29, 1.82) is 5.26 Å². The minimum atomic E-state index is -0.481. The van der Waals surface area contributed by atoms with Crippen LogP contribution in [0, 0.1) is 14.9 Å². The first-order valence-electron chi connectivity index (χ1n) is 10.1. The van der Waals surface area contributed by atoms with Gasteiger partial charge in [-0.2, -0.15) is 5.26 Å². The molecule has 1 amide bonds. The van der Waals surface area contributed by atoms with Gasteiger partial charge in [0.05, 0.1) is 22.8 Å². The number of hydrogen-bond acceptors (Lipinski definition) is 6. The number of amides is 1. The average molecular weight is 548 g/mol. The number of nitriles is 1. The molecule has 168 valence electrons. The van der Waals surface area contributed by atoms with Gasteiger partial charge in [-0.15, -0.1) is 0 Å². The van der Waals surface area contributed by atoms with Crippen LogP contribution in [0.1, 0.15) is 37.9 Å². The minimum Gasteiger partial charge on any atom is -0.490 e. The van der Waals surface area contributed by atoms with Crippen LogP contribution in [0.25, 0.3) is 6.08 Å². The lowest BCUT2D eigenvalue weighted by Gasteiger charge is -2.15. The van der Waals surface area contributed by atoms with Crippen molar-refractivity contribution in [3.05, 3.63) is 62.7 Å². The topological polar surface area (TPSA) is 97.7 Å². The molecule has 0 fully saturated rings. The molecule has 0 spiro atoms. The van der Waals surface area contributed by atoms with Crippen LogP contribution in [0.2, 0.25) is 0 Å². The highest BCUT2D eigenvalue weighted by atomic mass is 127. The van der Waals surface area contributed by atoms with Crippen molar-refractivity contribution in [3.63, 3.8) is 0 Å². The zero-order chi connectivity index (χ0) is 23.5. The van der Waals surface area contributed by atoms with E-state index in [1.165, 1.54) is 6.08 Å². The van der Waals surface area contributed by atoms with Gasteiger partial charge in [0.1, 0.15) is 11.6 Å². The molecule has 32 heavy (non-hydrogen) atoms. The van der Waals surface area contributed by atoms with Crippen molar-refractivity contribution < 1.29 is 23.8 Å². The van der Waals surface area contributed by atoms with Gasteiger partial charge in [-0.1, -0.05) is 30.3 Å². The maximum atomic E-state index is 12.7. The molecule has 0 heterocycles. The lowest BCUT2D eigenvalue weighted by Crippen LogP contribution is -2.27. The van der Waals surface area contributed by atoms with Gasteiger partial charge in [-0.25, -0.2) is 4.79 Å². The van der Waals surface area contributed by atoms with E-state index in [2.05, 4.69) is 27.9 Å². The first-order chi connectivity index (χ1) is 15.4. The molecule has 0 aliphatic rings. The Bertz CT molecular complexity index is 1020. The quantitative estimate of drug-likeness (QED) is 0.205. The number of halogens is 1. The van der Waals surface area contributed by atoms with Crippen molar-refractivity contribution in [2.45, 2.75) is 26.8 Å². The van der Waals surface area contributed by atoms with Gasteiger partial charge in [0.25, 0.3) is 5.91 Å². The Morgan fingerprint density at radius 3 is 2.50 bits per heavy atom. The van der Waals surface area contributed by atoms with Crippen LogP contribution in [0.5, 0.6) is 11.5 Å². The summed E-state index contributed by atoms with van der Waals surface area (Å²) in [4.78, 5) is 24.3. The highest BCUT2D eigenvalue weighted by Crippen LogP contribution is 2.35. The smallest absolute Gasteiger partial charge is 0.344 e. The van der Waals surface area contributed by atoms with E-state index in [4.69, 9.17) is 14.2 Å². The molecule has 0 aliphatic carbocycles. The van der Waals surface area contributed by atoms with Gasteiger partial charge in [0, 0.05) is 0 Å². The van der Waals surface area contributed by atoms with Crippen molar-refractivity contribution in [2.24, 2.45) is 0 Å². The normalized spacial score (nSPS) is 11.8. The van der Waals surface area contributed by atoms with Gasteiger partial charge >= 0.3 is 5.97 Å². The molecular weight excluding hydrogens is 523 g/mol. The van der Waals surface area contributed by atoms with E-state index in [1.54, 1.807) is 19.1 Å². The number of esters is 1. The summed E-state index contributed by atoms with van der Waals surface area (Å²) in [6.07, 6.45) is 1.49. The summed E-state index contributed by atoms with van der Waals surface area (Å²) in [5.41, 5.74) is 1.50. The second-order valence-electron chi connectivity index (χ2n) is 6.63. The van der Waals surface area contributed by atoms with Crippen LogP contribution in [0.3, 0.4) is 0 Å². The monoisotopic (exact) mass is 548 g/mol. The summed E-state index contributed by atoms with van der Waals surface area (Å²) in [6, 6.07) is 14.6. The van der Waals surface area contributed by atoms with Crippen LogP contribution in [-0.4, -0.2) is 31.7 Å². The van der Waals surface area contributed by atoms with E-state index < -0.39 is 11.9 Å². The van der Waals surface area contributed by atoms with Crippen molar-refractivity contribution in [3.8, 4) is 17.6 Å². The molecule has 2 aromatic carbocycles. The molecule has 0 radical (unpaired) electrons. The largest absolute Gasteiger partial charge is 0.490 e. The highest BCUT2D eigenvalue weighted by Gasteiger charge is 2.17. The number of ether oxygens (including phenoxy) is 3. The third-order valence-corrected chi connectivity index (χ3v) is 5.10. The van der Waals surface area contributed by atoms with E-state index in [-0.39, 0.29) is 24.8 Å². The lowest BCUT2D eigenvalue weighted by atomic mass is 10.1. The molecule has 0 aliphatic heterocycles. The number of benzene rings is 2. The van der Waals surface area contributed by atoms with Crippen LogP contribution < -0.4 is 14.8 Å². The van der Waals surface area contributed by atoms with E-state index in [0.717, 1.165) is 5.56 Å². The summed E-state index contributed by atoms with van der Waals surface area (Å²) in [5.74, 6) is -0.145. The first-order valence-corrected chi connectivity index (χ1v) is 11.2. The van der Waals surface area contributed by atoms with Crippen LogP contribution >= 0.6 is 22.6 Å². The maximum absolute atomic E-state index is 12.7. The Morgan fingerprint density at radius 2 is 1.88 bits per heavy atom. The maximum Gasteiger partial charge on any atom is 0.344 e. The Morgan fingerprint density at radius 1 is 1.16 bits per heavy atom. The van der Waals surface area contributed by atoms with Gasteiger partial charge in [0.2, 0.25) is 0 Å². The second kappa shape index (κ2) is 12.7. The molecule has 1 atom stereocenters. The van der Waals surface area contributed by atoms with E-state index in [9.17, 15) is 14.9 Å². The van der Waals surface area contributed by atoms with E-state index in [0.29, 0.717) is 27.2 Å². The summed E-state index contributed by atoms with van der Waals surface area (Å²) in [6.45, 7) is 5.79. The molecule has 0 unspecified atom stereocenters. The van der Waals surface area contributed by atoms with E-state index >= 15 is 0 Å². The summed E-state index contributed by atoms with van der Waals surface area (Å²) in [7, 11) is 0. The Labute approximate surface area is 201 Å². The molecule has 2 aromatic rings. The van der Waals surface area contributed by atoms with Crippen LogP contribution in [-0.2, 0) is 14.3 Å². The zero-order valence-electron chi connectivity index (χ0n) is 18.2. The molecular formula is C24H25IN2O5. The van der Waals surface area contributed by atoms with Gasteiger partial charge in [-0.3, -0.25) is 4.79 Å². The zero-order valence-corrected chi connectivity index (χ0v) is 20.3. The third kappa shape index (κ3) is 7.27. The van der Waals surface area contributed by atoms with Crippen LogP contribution in [0.15, 0.2) is 48.0 Å². The SMILES string of the molecule is CCOC(=O)COc1c(I)cc(/C=C(\C#N)C(=O)N[C@@H](C)c2ccccc2)cc1OCC. The number of carbonyl (C=O) groups excluding carboxylic acids is 2. The molecule has 0 saturated heterocycles. The predicted molar refractivity (Wildman–Crippen MR) is 129 cm³/mol. The number of rotatable bonds is 10. The first kappa shape index (κ1) is 25.2. The Balaban J connectivity index is 2.25. The number of carbonyl (C=O) groups is 2. The molecule has 0 aromatic heterocycles. The van der Waals surface area contributed by atoms with Crippen LogP contribution in [0.4, 0.5) is 0 Å². The van der Waals surface area contributed by atoms with Gasteiger partial charge in [0.15, 0.2) is 18.1 Å². The summed E-state index contributed by atoms with van der Waals surface area (Å²) in [5, 5.41) is 12.4. The Kier molecular flexibility index (Phi) is 10.0. The predicted octanol–water partition coefficient (Wildman–Crippen LogP) is 4.42. The standard InChI is InChI=1S/C24H25IN2O5/c1-4-30-21-13-17(12-20(25)23(21)32-15-22(28)31-5-2)11-19(14-26)24(29)27-16(3)18-9-7-6-8-10-18/h6-13,16H,4-5,15H2,1-3H3,(H,27,29)/b19-11+/t16-/m0/s1. The molecule has 7 nitrogen and oxygen atoms in total. The third-order valence-electron chi connectivity index (χ3n) is 4.29. The molecule has 2 rings (SSSR count). The number of nitrogens with one attached hydrogen (secondary N) is 1. The lowest BCUT2D eigenvalue weighted by molar-refractivity contribution is -0.145. The summed E-state index contributed by atoms with van der Waals surface area (Å²) < 4.78 is 16.8. The fourth-order valence-corrected chi connectivity index (χ4v) is 3.60. The average Bonchev–Trinajstić information content (AvgIpc) is 2.77.